The van der Waals surface area contributed by atoms with Gasteiger partial charge < -0.3 is 19.5 Å². The van der Waals surface area contributed by atoms with Crippen LogP contribution in [0.1, 0.15) is 41.8 Å². The number of nitrogens with one attached hydrogen (secondary N) is 2. The number of methoxy groups -OCH3 is 1. The maximum Gasteiger partial charge on any atom is 0.343 e. The molecule has 0 unspecified atom stereocenters. The Morgan fingerprint density at radius 1 is 0.892 bits per heavy atom. The van der Waals surface area contributed by atoms with Crippen molar-refractivity contribution in [3.63, 3.8) is 0 Å². The molecule has 3 aromatic rings. The van der Waals surface area contributed by atoms with E-state index in [1.54, 1.807) is 54.6 Å². The molecule has 0 aromatic heterocycles. The third-order valence-electron chi connectivity index (χ3n) is 5.16. The first-order chi connectivity index (χ1) is 17.9. The highest BCUT2D eigenvalue weighted by atomic mass is 16.6. The molecule has 9 nitrogen and oxygen atoms in total. The van der Waals surface area contributed by atoms with Crippen molar-refractivity contribution in [3.05, 3.63) is 83.4 Å². The molecule has 3 rings (SSSR count). The molecule has 0 atom stereocenters. The van der Waals surface area contributed by atoms with Crippen LogP contribution >= 0.6 is 0 Å². The molecule has 0 radical (unpaired) electrons. The first-order valence-corrected chi connectivity index (χ1v) is 11.8. The first kappa shape index (κ1) is 26.9. The second kappa shape index (κ2) is 13.4. The van der Waals surface area contributed by atoms with Crippen molar-refractivity contribution < 1.29 is 28.6 Å². The minimum absolute atomic E-state index is 0.216. The number of anilines is 1. The van der Waals surface area contributed by atoms with Gasteiger partial charge in [-0.25, -0.2) is 10.2 Å². The number of amides is 2. The van der Waals surface area contributed by atoms with Crippen LogP contribution in [0.4, 0.5) is 5.69 Å². The fourth-order valence-electron chi connectivity index (χ4n) is 3.14. The minimum Gasteiger partial charge on any atom is -0.494 e. The highest BCUT2D eigenvalue weighted by Crippen LogP contribution is 2.28. The number of hydrazone groups is 1. The number of esters is 1. The maximum atomic E-state index is 12.5. The summed E-state index contributed by atoms with van der Waals surface area (Å²) < 4.78 is 16.3. The summed E-state index contributed by atoms with van der Waals surface area (Å²) in [4.78, 5) is 36.6. The molecule has 0 saturated heterocycles. The highest BCUT2D eigenvalue weighted by Gasteiger charge is 2.14. The van der Waals surface area contributed by atoms with E-state index in [0.717, 1.165) is 18.4 Å². The van der Waals surface area contributed by atoms with Crippen molar-refractivity contribution in [2.45, 2.75) is 26.7 Å². The zero-order valence-corrected chi connectivity index (χ0v) is 20.9. The van der Waals surface area contributed by atoms with Crippen LogP contribution in [-0.2, 0) is 16.0 Å². The predicted octanol–water partition coefficient (Wildman–Crippen LogP) is 4.35. The van der Waals surface area contributed by atoms with Crippen molar-refractivity contribution in [1.82, 2.24) is 5.43 Å². The fourth-order valence-corrected chi connectivity index (χ4v) is 3.14. The SMILES string of the molecule is CCCOc1ccc(C(=O)Oc2ccc(/C=N/NC(=O)C(=O)Nc3ccc(CC)cc3)cc2OC)cc1. The second-order valence-corrected chi connectivity index (χ2v) is 7.88. The number of hydrogen-bond acceptors (Lipinski definition) is 7. The van der Waals surface area contributed by atoms with Gasteiger partial charge in [0.2, 0.25) is 0 Å². The van der Waals surface area contributed by atoms with E-state index >= 15 is 0 Å². The van der Waals surface area contributed by atoms with Gasteiger partial charge in [-0.3, -0.25) is 9.59 Å². The molecule has 0 spiro atoms. The molecule has 37 heavy (non-hydrogen) atoms. The van der Waals surface area contributed by atoms with E-state index in [4.69, 9.17) is 14.2 Å². The molecular formula is C28H29N3O6. The van der Waals surface area contributed by atoms with Gasteiger partial charge in [0.15, 0.2) is 11.5 Å². The van der Waals surface area contributed by atoms with E-state index in [0.29, 0.717) is 34.9 Å². The van der Waals surface area contributed by atoms with Crippen LogP contribution in [0.15, 0.2) is 71.8 Å². The predicted molar refractivity (Wildman–Crippen MR) is 140 cm³/mol. The van der Waals surface area contributed by atoms with Gasteiger partial charge in [0, 0.05) is 5.69 Å². The summed E-state index contributed by atoms with van der Waals surface area (Å²) in [6, 6.07) is 18.6. The van der Waals surface area contributed by atoms with Crippen molar-refractivity contribution in [2.24, 2.45) is 5.10 Å². The quantitative estimate of drug-likeness (QED) is 0.140. The number of rotatable bonds is 10. The Hall–Kier alpha value is -4.66. The van der Waals surface area contributed by atoms with Crippen LogP contribution in [0.25, 0.3) is 0 Å². The lowest BCUT2D eigenvalue weighted by atomic mass is 10.1. The average molecular weight is 504 g/mol. The Morgan fingerprint density at radius 3 is 2.27 bits per heavy atom. The molecule has 9 heteroatoms. The standard InChI is InChI=1S/C28H29N3O6/c1-4-16-36-23-13-9-21(10-14-23)28(34)37-24-15-8-20(17-25(24)35-3)18-29-31-27(33)26(32)30-22-11-6-19(5-2)7-12-22/h6-15,17-18H,4-5,16H2,1-3H3,(H,30,32)(H,31,33)/b29-18+. The zero-order chi connectivity index (χ0) is 26.6. The van der Waals surface area contributed by atoms with Crippen molar-refractivity contribution in [3.8, 4) is 17.2 Å². The Kier molecular flexibility index (Phi) is 9.78. The largest absolute Gasteiger partial charge is 0.494 e. The van der Waals surface area contributed by atoms with Crippen LogP contribution < -0.4 is 25.0 Å². The monoisotopic (exact) mass is 503 g/mol. The van der Waals surface area contributed by atoms with Gasteiger partial charge in [-0.2, -0.15) is 5.10 Å². The topological polar surface area (TPSA) is 115 Å². The third-order valence-corrected chi connectivity index (χ3v) is 5.16. The van der Waals surface area contributed by atoms with Gasteiger partial charge in [-0.1, -0.05) is 26.0 Å². The van der Waals surface area contributed by atoms with E-state index in [2.05, 4.69) is 15.8 Å². The van der Waals surface area contributed by atoms with E-state index in [1.807, 2.05) is 26.0 Å². The number of carbonyl (C=O) groups excluding carboxylic acids is 3. The molecular weight excluding hydrogens is 474 g/mol. The van der Waals surface area contributed by atoms with Crippen LogP contribution in [0, 0.1) is 0 Å². The molecule has 0 saturated carbocycles. The van der Waals surface area contributed by atoms with Crippen LogP contribution in [0.5, 0.6) is 17.2 Å². The van der Waals surface area contributed by atoms with Crippen molar-refractivity contribution >= 4 is 29.7 Å². The maximum absolute atomic E-state index is 12.5. The second-order valence-electron chi connectivity index (χ2n) is 7.88. The highest BCUT2D eigenvalue weighted by molar-refractivity contribution is 6.39. The summed E-state index contributed by atoms with van der Waals surface area (Å²) in [6.45, 7) is 4.64. The van der Waals surface area contributed by atoms with Crippen LogP contribution in [0.2, 0.25) is 0 Å². The summed E-state index contributed by atoms with van der Waals surface area (Å²) in [5, 5.41) is 6.32. The molecule has 0 bridgehead atoms. The summed E-state index contributed by atoms with van der Waals surface area (Å²) in [7, 11) is 1.44. The van der Waals surface area contributed by atoms with Crippen molar-refractivity contribution in [1.29, 1.82) is 0 Å². The van der Waals surface area contributed by atoms with Crippen LogP contribution in [0.3, 0.4) is 0 Å². The number of ether oxygens (including phenoxy) is 3. The lowest BCUT2D eigenvalue weighted by Gasteiger charge is -2.10. The summed E-state index contributed by atoms with van der Waals surface area (Å²) in [5.41, 5.74) is 4.72. The molecule has 0 aliphatic rings. The summed E-state index contributed by atoms with van der Waals surface area (Å²) in [5.74, 6) is -1.13. The van der Waals surface area contributed by atoms with Gasteiger partial charge >= 0.3 is 17.8 Å². The molecule has 0 aliphatic heterocycles. The van der Waals surface area contributed by atoms with E-state index < -0.39 is 17.8 Å². The third kappa shape index (κ3) is 7.93. The first-order valence-electron chi connectivity index (χ1n) is 11.8. The molecule has 2 amide bonds. The Bertz CT molecular complexity index is 1250. The van der Waals surface area contributed by atoms with Crippen LogP contribution in [-0.4, -0.2) is 37.7 Å². The number of nitrogens with zero attached hydrogens (tertiary/aromatic N) is 1. The molecule has 2 N–H and O–H groups in total. The Balaban J connectivity index is 1.56. The number of hydrogen-bond donors (Lipinski definition) is 2. The van der Waals surface area contributed by atoms with E-state index in [-0.39, 0.29) is 5.75 Å². The number of aryl methyl sites for hydroxylation is 1. The van der Waals surface area contributed by atoms with E-state index in [1.165, 1.54) is 13.3 Å². The fraction of sp³-hybridized carbons (Fsp3) is 0.214. The molecule has 192 valence electrons. The number of carbonyl (C=O) groups is 3. The Labute approximate surface area is 215 Å². The normalized spacial score (nSPS) is 10.6. The summed E-state index contributed by atoms with van der Waals surface area (Å²) >= 11 is 0. The lowest BCUT2D eigenvalue weighted by Crippen LogP contribution is -2.32. The zero-order valence-electron chi connectivity index (χ0n) is 20.9. The van der Waals surface area contributed by atoms with Gasteiger partial charge in [-0.15, -0.1) is 0 Å². The average Bonchev–Trinajstić information content (AvgIpc) is 2.93. The molecule has 0 heterocycles. The van der Waals surface area contributed by atoms with Gasteiger partial charge in [-0.05, 0) is 78.6 Å². The van der Waals surface area contributed by atoms with Crippen molar-refractivity contribution in [2.75, 3.05) is 19.0 Å². The smallest absolute Gasteiger partial charge is 0.343 e. The van der Waals surface area contributed by atoms with E-state index in [9.17, 15) is 14.4 Å². The molecule has 0 fully saturated rings. The summed E-state index contributed by atoms with van der Waals surface area (Å²) in [6.07, 6.45) is 3.10. The minimum atomic E-state index is -0.917. The van der Waals surface area contributed by atoms with Gasteiger partial charge in [0.25, 0.3) is 0 Å². The number of benzene rings is 3. The molecule has 3 aromatic carbocycles. The van der Waals surface area contributed by atoms with Gasteiger partial charge in [0.05, 0.1) is 25.5 Å². The Morgan fingerprint density at radius 2 is 1.62 bits per heavy atom. The van der Waals surface area contributed by atoms with Gasteiger partial charge in [0.1, 0.15) is 5.75 Å². The molecule has 0 aliphatic carbocycles. The lowest BCUT2D eigenvalue weighted by molar-refractivity contribution is -0.136.